The molecule has 0 fully saturated rings. The molecule has 156 valence electrons. The molecule has 0 saturated heterocycles. The lowest BCUT2D eigenvalue weighted by Gasteiger charge is -2.10. The van der Waals surface area contributed by atoms with Crippen LogP contribution in [0.2, 0.25) is 0 Å². The highest BCUT2D eigenvalue weighted by atomic mass is 19.2. The van der Waals surface area contributed by atoms with E-state index in [4.69, 9.17) is 0 Å². The van der Waals surface area contributed by atoms with Gasteiger partial charge in [0.1, 0.15) is 0 Å². The van der Waals surface area contributed by atoms with E-state index in [0.29, 0.717) is 0 Å². The van der Waals surface area contributed by atoms with Gasteiger partial charge in [-0.1, -0.05) is 12.1 Å². The molecule has 3 rings (SSSR count). The summed E-state index contributed by atoms with van der Waals surface area (Å²) < 4.78 is 125. The van der Waals surface area contributed by atoms with Gasteiger partial charge in [-0.05, 0) is 17.7 Å². The fourth-order valence-electron chi connectivity index (χ4n) is 2.42. The SMILES string of the molecule is O=C(Oc1cc(F)c(F)c(F)c1F)c1ccc(-c2c(F)c(F)c(F)c(F)c2F)cc1. The molecule has 11 heteroatoms. The molecule has 0 atom stereocenters. The van der Waals surface area contributed by atoms with Crippen molar-refractivity contribution in [3.05, 3.63) is 88.3 Å². The van der Waals surface area contributed by atoms with E-state index in [1.807, 2.05) is 0 Å². The first-order valence-electron chi connectivity index (χ1n) is 7.71. The highest BCUT2D eigenvalue weighted by Gasteiger charge is 2.27. The normalized spacial score (nSPS) is 11.0. The lowest BCUT2D eigenvalue weighted by molar-refractivity contribution is 0.0725. The molecule has 0 unspecified atom stereocenters. The summed E-state index contributed by atoms with van der Waals surface area (Å²) in [5.41, 5.74) is -2.23. The third kappa shape index (κ3) is 3.46. The molecule has 0 bridgehead atoms. The van der Waals surface area contributed by atoms with Gasteiger partial charge in [0.2, 0.25) is 17.5 Å². The van der Waals surface area contributed by atoms with Gasteiger partial charge in [-0.25, -0.2) is 39.9 Å². The molecule has 0 spiro atoms. The molecule has 0 amide bonds. The zero-order valence-electron chi connectivity index (χ0n) is 14.1. The Morgan fingerprint density at radius 3 is 1.60 bits per heavy atom. The first-order chi connectivity index (χ1) is 14.0. The second kappa shape index (κ2) is 7.73. The number of hydrogen-bond acceptors (Lipinski definition) is 2. The van der Waals surface area contributed by atoms with Crippen molar-refractivity contribution in [1.82, 2.24) is 0 Å². The van der Waals surface area contributed by atoms with E-state index in [1.165, 1.54) is 0 Å². The van der Waals surface area contributed by atoms with Crippen LogP contribution in [-0.2, 0) is 0 Å². The molecule has 0 N–H and O–H groups in total. The molecule has 0 radical (unpaired) electrons. The maximum atomic E-state index is 13.8. The Morgan fingerprint density at radius 2 is 1.07 bits per heavy atom. The molecule has 0 aliphatic heterocycles. The van der Waals surface area contributed by atoms with Crippen LogP contribution in [0.25, 0.3) is 11.1 Å². The maximum absolute atomic E-state index is 13.8. The minimum Gasteiger partial charge on any atom is -0.420 e. The van der Waals surface area contributed by atoms with Gasteiger partial charge in [0.25, 0.3) is 0 Å². The highest BCUT2D eigenvalue weighted by molar-refractivity contribution is 5.91. The molecule has 0 aliphatic rings. The largest absolute Gasteiger partial charge is 0.420 e. The topological polar surface area (TPSA) is 26.3 Å². The maximum Gasteiger partial charge on any atom is 0.343 e. The van der Waals surface area contributed by atoms with E-state index < -0.39 is 80.8 Å². The van der Waals surface area contributed by atoms with Crippen LogP contribution >= 0.6 is 0 Å². The average Bonchev–Trinajstić information content (AvgIpc) is 2.73. The van der Waals surface area contributed by atoms with Gasteiger partial charge in [-0.2, -0.15) is 4.39 Å². The molecule has 3 aromatic carbocycles. The summed E-state index contributed by atoms with van der Waals surface area (Å²) in [6, 6.07) is 3.27. The predicted octanol–water partition coefficient (Wildman–Crippen LogP) is 5.82. The van der Waals surface area contributed by atoms with E-state index in [0.717, 1.165) is 24.3 Å². The van der Waals surface area contributed by atoms with Crippen molar-refractivity contribution in [1.29, 1.82) is 0 Å². The van der Waals surface area contributed by atoms with Crippen LogP contribution in [0.5, 0.6) is 5.75 Å². The van der Waals surface area contributed by atoms with Crippen molar-refractivity contribution < 1.29 is 49.0 Å². The van der Waals surface area contributed by atoms with E-state index in [9.17, 15) is 44.3 Å². The molecule has 0 heterocycles. The van der Waals surface area contributed by atoms with Crippen LogP contribution < -0.4 is 4.74 Å². The number of halogens is 9. The summed E-state index contributed by atoms with van der Waals surface area (Å²) in [5.74, 6) is -21.8. The third-order valence-corrected chi connectivity index (χ3v) is 3.89. The zero-order chi connectivity index (χ0) is 22.3. The number of rotatable bonds is 3. The first kappa shape index (κ1) is 21.2. The van der Waals surface area contributed by atoms with Gasteiger partial charge in [0, 0.05) is 6.07 Å². The van der Waals surface area contributed by atoms with E-state index >= 15 is 0 Å². The molecule has 2 nitrogen and oxygen atoms in total. The van der Waals surface area contributed by atoms with Crippen LogP contribution in [0, 0.1) is 52.4 Å². The van der Waals surface area contributed by atoms with Gasteiger partial charge in [0.05, 0.1) is 11.1 Å². The summed E-state index contributed by atoms with van der Waals surface area (Å²) in [4.78, 5) is 12.0. The monoisotopic (exact) mass is 436 g/mol. The Kier molecular flexibility index (Phi) is 5.47. The quantitative estimate of drug-likeness (QED) is 0.170. The first-order valence-corrected chi connectivity index (χ1v) is 7.71. The van der Waals surface area contributed by atoms with E-state index in [-0.39, 0.29) is 6.07 Å². The average molecular weight is 436 g/mol. The smallest absolute Gasteiger partial charge is 0.343 e. The van der Waals surface area contributed by atoms with Gasteiger partial charge in [-0.3, -0.25) is 0 Å². The molecule has 0 aliphatic carbocycles. The predicted molar refractivity (Wildman–Crippen MR) is 82.9 cm³/mol. The Hall–Kier alpha value is -3.50. The van der Waals surface area contributed by atoms with Gasteiger partial charge < -0.3 is 4.74 Å². The fraction of sp³-hybridized carbons (Fsp3) is 0. The van der Waals surface area contributed by atoms with Crippen molar-refractivity contribution in [2.75, 3.05) is 0 Å². The second-order valence-electron chi connectivity index (χ2n) is 5.71. The number of hydrogen-bond donors (Lipinski definition) is 0. The molecule has 0 aromatic heterocycles. The van der Waals surface area contributed by atoms with Crippen molar-refractivity contribution in [2.45, 2.75) is 0 Å². The highest BCUT2D eigenvalue weighted by Crippen LogP contribution is 2.32. The van der Waals surface area contributed by atoms with Crippen molar-refractivity contribution in [3.63, 3.8) is 0 Å². The number of carbonyl (C=O) groups is 1. The lowest BCUT2D eigenvalue weighted by Crippen LogP contribution is -2.11. The lowest BCUT2D eigenvalue weighted by atomic mass is 10.0. The molecule has 30 heavy (non-hydrogen) atoms. The summed E-state index contributed by atoms with van der Waals surface area (Å²) in [6.07, 6.45) is 0. The van der Waals surface area contributed by atoms with Crippen LogP contribution in [-0.4, -0.2) is 5.97 Å². The summed E-state index contributed by atoms with van der Waals surface area (Å²) in [7, 11) is 0. The number of carbonyl (C=O) groups excluding carboxylic acids is 1. The summed E-state index contributed by atoms with van der Waals surface area (Å²) in [6.45, 7) is 0. The number of benzene rings is 3. The van der Waals surface area contributed by atoms with Crippen LogP contribution in [0.4, 0.5) is 39.5 Å². The van der Waals surface area contributed by atoms with Crippen LogP contribution in [0.15, 0.2) is 30.3 Å². The number of esters is 1. The van der Waals surface area contributed by atoms with Crippen molar-refractivity contribution >= 4 is 5.97 Å². The van der Waals surface area contributed by atoms with Gasteiger partial charge in [-0.15, -0.1) is 0 Å². The standard InChI is InChI=1S/C19H5F9O2/c20-8-5-9(12(22)15(25)11(8)21)30-19(29)7-3-1-6(2-4-7)10-13(23)16(26)18(28)17(27)14(10)24/h1-5H. The molecular weight excluding hydrogens is 431 g/mol. The Bertz CT molecular complexity index is 1150. The van der Waals surface area contributed by atoms with Crippen LogP contribution in [0.1, 0.15) is 10.4 Å². The Balaban J connectivity index is 1.94. The minimum atomic E-state index is -2.35. The van der Waals surface area contributed by atoms with Gasteiger partial charge in [0.15, 0.2) is 40.7 Å². The number of ether oxygens (including phenoxy) is 1. The van der Waals surface area contributed by atoms with Crippen molar-refractivity contribution in [3.8, 4) is 16.9 Å². The van der Waals surface area contributed by atoms with Gasteiger partial charge >= 0.3 is 5.97 Å². The van der Waals surface area contributed by atoms with Crippen molar-refractivity contribution in [2.24, 2.45) is 0 Å². The molecule has 0 saturated carbocycles. The van der Waals surface area contributed by atoms with E-state index in [1.54, 1.807) is 0 Å². The second-order valence-corrected chi connectivity index (χ2v) is 5.71. The Labute approximate surface area is 161 Å². The Morgan fingerprint density at radius 1 is 0.600 bits per heavy atom. The molecule has 3 aromatic rings. The summed E-state index contributed by atoms with van der Waals surface area (Å²) in [5, 5.41) is 0. The van der Waals surface area contributed by atoms with E-state index in [2.05, 4.69) is 4.74 Å². The molecular formula is C19H5F9O2. The van der Waals surface area contributed by atoms with Crippen LogP contribution in [0.3, 0.4) is 0 Å². The minimum absolute atomic E-state index is 0.0782. The summed E-state index contributed by atoms with van der Waals surface area (Å²) >= 11 is 0. The zero-order valence-corrected chi connectivity index (χ0v) is 14.1. The fourth-order valence-corrected chi connectivity index (χ4v) is 2.42. The third-order valence-electron chi connectivity index (χ3n) is 3.89.